The minimum atomic E-state index is -3.71. The minimum absolute atomic E-state index is 0.0131. The van der Waals surface area contributed by atoms with Crippen molar-refractivity contribution in [2.75, 3.05) is 18.4 Å². The summed E-state index contributed by atoms with van der Waals surface area (Å²) < 4.78 is 27.8. The molecule has 32 heavy (non-hydrogen) atoms. The molecule has 7 nitrogen and oxygen atoms in total. The molecular weight excluding hydrogens is 466 g/mol. The van der Waals surface area contributed by atoms with Crippen LogP contribution < -0.4 is 5.32 Å². The number of sulfonamides is 1. The molecule has 0 bridgehead atoms. The number of anilines is 1. The van der Waals surface area contributed by atoms with E-state index in [1.807, 2.05) is 24.4 Å². The van der Waals surface area contributed by atoms with Crippen LogP contribution in [-0.2, 0) is 15.8 Å². The maximum Gasteiger partial charge on any atom is 0.255 e. The number of benzene rings is 2. The van der Waals surface area contributed by atoms with Crippen LogP contribution in [0.4, 0.5) is 5.69 Å². The van der Waals surface area contributed by atoms with Gasteiger partial charge in [-0.15, -0.1) is 11.3 Å². The van der Waals surface area contributed by atoms with E-state index in [2.05, 4.69) is 10.3 Å². The van der Waals surface area contributed by atoms with E-state index in [0.717, 1.165) is 21.3 Å². The highest BCUT2D eigenvalue weighted by Gasteiger charge is 2.23. The van der Waals surface area contributed by atoms with E-state index in [-0.39, 0.29) is 16.3 Å². The lowest BCUT2D eigenvalue weighted by molar-refractivity contribution is 0.102. The van der Waals surface area contributed by atoms with Gasteiger partial charge in [-0.3, -0.25) is 4.79 Å². The molecule has 0 radical (unpaired) electrons. The number of hydrogen-bond acceptors (Lipinski definition) is 7. The van der Waals surface area contributed by atoms with Crippen LogP contribution in [0.3, 0.4) is 0 Å². The van der Waals surface area contributed by atoms with Gasteiger partial charge < -0.3 is 10.4 Å². The molecule has 2 N–H and O–H groups in total. The zero-order chi connectivity index (χ0) is 23.3. The number of rotatable bonds is 9. The predicted molar refractivity (Wildman–Crippen MR) is 129 cm³/mol. The van der Waals surface area contributed by atoms with Gasteiger partial charge in [-0.1, -0.05) is 37.7 Å². The smallest absolute Gasteiger partial charge is 0.255 e. The highest BCUT2D eigenvalue weighted by Crippen LogP contribution is 2.29. The first-order valence-corrected chi connectivity index (χ1v) is 13.3. The number of amides is 1. The normalized spacial score (nSPS) is 11.6. The summed E-state index contributed by atoms with van der Waals surface area (Å²) in [4.78, 5) is 17.1. The lowest BCUT2D eigenvalue weighted by atomic mass is 10.1. The Kier molecular flexibility index (Phi) is 7.94. The Balaban J connectivity index is 1.71. The number of aryl methyl sites for hydroxylation is 1. The SMILES string of the molecule is CCN(CC)S(=O)(=O)c1ccc(O)c(NC(=O)c2ccc(CSc3nc(C)cs3)cc2)c1. The van der Waals surface area contributed by atoms with Gasteiger partial charge in [0.05, 0.1) is 10.6 Å². The van der Waals surface area contributed by atoms with Gasteiger partial charge in [-0.25, -0.2) is 13.4 Å². The summed E-state index contributed by atoms with van der Waals surface area (Å²) >= 11 is 3.24. The summed E-state index contributed by atoms with van der Waals surface area (Å²) in [6.07, 6.45) is 0. The Morgan fingerprint density at radius 2 is 1.84 bits per heavy atom. The topological polar surface area (TPSA) is 99.6 Å². The fraction of sp³-hybridized carbons (Fsp3) is 0.273. The molecule has 0 aliphatic carbocycles. The standard InChI is InChI=1S/C22H25N3O4S3/c1-4-25(5-2)32(28,29)18-10-11-20(26)19(12-18)24-21(27)17-8-6-16(7-9-17)14-31-22-23-15(3)13-30-22/h6-13,26H,4-5,14H2,1-3H3,(H,24,27). The molecule has 0 atom stereocenters. The van der Waals surface area contributed by atoms with Crippen LogP contribution in [0.2, 0.25) is 0 Å². The molecule has 0 fully saturated rings. The molecule has 0 aliphatic rings. The lowest BCUT2D eigenvalue weighted by Gasteiger charge is -2.19. The third-order valence-corrected chi connectivity index (χ3v) is 8.99. The fourth-order valence-electron chi connectivity index (χ4n) is 2.98. The maximum atomic E-state index is 12.7. The van der Waals surface area contributed by atoms with E-state index < -0.39 is 15.9 Å². The monoisotopic (exact) mass is 491 g/mol. The molecule has 1 aromatic heterocycles. The largest absolute Gasteiger partial charge is 0.506 e. The zero-order valence-electron chi connectivity index (χ0n) is 18.0. The molecule has 0 saturated carbocycles. The van der Waals surface area contributed by atoms with Crippen LogP contribution in [0.25, 0.3) is 0 Å². The number of phenolic OH excluding ortho intramolecular Hbond substituents is 1. The Morgan fingerprint density at radius 3 is 2.44 bits per heavy atom. The second kappa shape index (κ2) is 10.5. The number of carbonyl (C=O) groups excluding carboxylic acids is 1. The van der Waals surface area contributed by atoms with Crippen molar-refractivity contribution >= 4 is 44.7 Å². The molecular formula is C22H25N3O4S3. The van der Waals surface area contributed by atoms with Crippen LogP contribution in [0, 0.1) is 6.92 Å². The van der Waals surface area contributed by atoms with Gasteiger partial charge in [0.15, 0.2) is 0 Å². The highest BCUT2D eigenvalue weighted by atomic mass is 32.2. The van der Waals surface area contributed by atoms with Crippen molar-refractivity contribution in [3.05, 3.63) is 64.7 Å². The summed E-state index contributed by atoms with van der Waals surface area (Å²) in [5, 5.41) is 14.8. The van der Waals surface area contributed by atoms with Crippen molar-refractivity contribution in [2.45, 2.75) is 35.8 Å². The zero-order valence-corrected chi connectivity index (χ0v) is 20.5. The maximum absolute atomic E-state index is 12.7. The minimum Gasteiger partial charge on any atom is -0.506 e. The molecule has 0 unspecified atom stereocenters. The number of nitrogens with one attached hydrogen (secondary N) is 1. The molecule has 170 valence electrons. The number of nitrogens with zero attached hydrogens (tertiary/aromatic N) is 2. The van der Waals surface area contributed by atoms with Crippen LogP contribution in [0.15, 0.2) is 57.1 Å². The highest BCUT2D eigenvalue weighted by molar-refractivity contribution is 8.00. The van der Waals surface area contributed by atoms with E-state index in [1.165, 1.54) is 22.5 Å². The van der Waals surface area contributed by atoms with Crippen molar-refractivity contribution in [2.24, 2.45) is 0 Å². The summed E-state index contributed by atoms with van der Waals surface area (Å²) in [6, 6.07) is 11.0. The molecule has 1 heterocycles. The molecule has 1 amide bonds. The molecule has 3 aromatic rings. The lowest BCUT2D eigenvalue weighted by Crippen LogP contribution is -2.30. The fourth-order valence-corrected chi connectivity index (χ4v) is 6.27. The number of aromatic hydroxyl groups is 1. The van der Waals surface area contributed by atoms with Gasteiger partial charge >= 0.3 is 0 Å². The summed E-state index contributed by atoms with van der Waals surface area (Å²) in [7, 11) is -3.71. The van der Waals surface area contributed by atoms with Gasteiger partial charge in [0, 0.05) is 35.5 Å². The number of hydrogen-bond donors (Lipinski definition) is 2. The summed E-state index contributed by atoms with van der Waals surface area (Å²) in [6.45, 7) is 6.12. The van der Waals surface area contributed by atoms with Crippen molar-refractivity contribution in [1.82, 2.24) is 9.29 Å². The number of thioether (sulfide) groups is 1. The summed E-state index contributed by atoms with van der Waals surface area (Å²) in [5.41, 5.74) is 2.50. The second-order valence-electron chi connectivity index (χ2n) is 6.96. The first-order chi connectivity index (χ1) is 15.2. The van der Waals surface area contributed by atoms with E-state index in [4.69, 9.17) is 0 Å². The number of aromatic nitrogens is 1. The van der Waals surface area contributed by atoms with Gasteiger partial charge in [0.1, 0.15) is 10.1 Å². The van der Waals surface area contributed by atoms with Crippen LogP contribution in [0.1, 0.15) is 35.5 Å². The molecule has 3 rings (SSSR count). The van der Waals surface area contributed by atoms with Gasteiger partial charge in [0.25, 0.3) is 5.91 Å². The van der Waals surface area contributed by atoms with Crippen LogP contribution in [0.5, 0.6) is 5.75 Å². The Labute approximate surface area is 196 Å². The van der Waals surface area contributed by atoms with Crippen molar-refractivity contribution in [3.63, 3.8) is 0 Å². The quantitative estimate of drug-likeness (QED) is 0.332. The summed E-state index contributed by atoms with van der Waals surface area (Å²) in [5.74, 6) is 0.0945. The average Bonchev–Trinajstić information content (AvgIpc) is 3.19. The number of thiazole rings is 1. The predicted octanol–water partition coefficient (Wildman–Crippen LogP) is 4.73. The van der Waals surface area contributed by atoms with Gasteiger partial charge in [0.2, 0.25) is 10.0 Å². The van der Waals surface area contributed by atoms with Crippen molar-refractivity contribution < 1.29 is 18.3 Å². The molecule has 0 aliphatic heterocycles. The molecule has 2 aromatic carbocycles. The van der Waals surface area contributed by atoms with Crippen LogP contribution in [-0.4, -0.2) is 41.8 Å². The van der Waals surface area contributed by atoms with E-state index in [0.29, 0.717) is 18.7 Å². The second-order valence-corrected chi connectivity index (χ2v) is 11.0. The molecule has 10 heteroatoms. The first kappa shape index (κ1) is 24.2. The average molecular weight is 492 g/mol. The van der Waals surface area contributed by atoms with Crippen molar-refractivity contribution in [1.29, 1.82) is 0 Å². The molecule has 0 saturated heterocycles. The number of carbonyl (C=O) groups is 1. The third-order valence-electron chi connectivity index (χ3n) is 4.74. The Hall–Kier alpha value is -2.40. The van der Waals surface area contributed by atoms with Crippen molar-refractivity contribution in [3.8, 4) is 5.75 Å². The number of phenols is 1. The third kappa shape index (κ3) is 5.69. The van der Waals surface area contributed by atoms with Crippen LogP contribution >= 0.6 is 23.1 Å². The first-order valence-electron chi connectivity index (χ1n) is 10.0. The molecule has 0 spiro atoms. The van der Waals surface area contributed by atoms with E-state index >= 15 is 0 Å². The van der Waals surface area contributed by atoms with Gasteiger partial charge in [-0.05, 0) is 42.8 Å². The Morgan fingerprint density at radius 1 is 1.16 bits per heavy atom. The van der Waals surface area contributed by atoms with Gasteiger partial charge in [-0.2, -0.15) is 4.31 Å². The van der Waals surface area contributed by atoms with E-state index in [1.54, 1.807) is 49.1 Å². The van der Waals surface area contributed by atoms with E-state index in [9.17, 15) is 18.3 Å². The Bertz CT molecular complexity index is 1190.